The van der Waals surface area contributed by atoms with Crippen LogP contribution in [0.1, 0.15) is 55.3 Å². The summed E-state index contributed by atoms with van der Waals surface area (Å²) in [6.07, 6.45) is 1.85. The number of likely N-dealkylation sites (tertiary alicyclic amines) is 2. The number of hydrogen-bond donors (Lipinski definition) is 0. The standard InChI is InChI=1S/C20H25F3N4O/c1-2-19(26-10-5-6-11-26)8-13-25(14-9-19)17(28)16-15-7-3-4-12-27(15)18(24-16)20(21,22)23/h3-4,7,12H,2,5-6,8-11,13-14H2,1H3. The fourth-order valence-corrected chi connectivity index (χ4v) is 4.76. The molecule has 2 aromatic rings. The average molecular weight is 394 g/mol. The number of alkyl halides is 3. The maximum absolute atomic E-state index is 13.3. The van der Waals surface area contributed by atoms with Crippen molar-refractivity contribution in [3.05, 3.63) is 35.9 Å². The third-order valence-corrected chi connectivity index (χ3v) is 6.42. The zero-order chi connectivity index (χ0) is 19.9. The molecule has 0 radical (unpaired) electrons. The maximum Gasteiger partial charge on any atom is 0.450 e. The average Bonchev–Trinajstić information content (AvgIpc) is 3.35. The van der Waals surface area contributed by atoms with Gasteiger partial charge in [-0.25, -0.2) is 4.98 Å². The number of rotatable bonds is 3. The lowest BCUT2D eigenvalue weighted by Gasteiger charge is -2.47. The fraction of sp³-hybridized carbons (Fsp3) is 0.600. The van der Waals surface area contributed by atoms with Crippen molar-refractivity contribution in [3.8, 4) is 0 Å². The molecular weight excluding hydrogens is 369 g/mol. The van der Waals surface area contributed by atoms with Gasteiger partial charge in [-0.15, -0.1) is 0 Å². The highest BCUT2D eigenvalue weighted by atomic mass is 19.4. The molecule has 2 aromatic heterocycles. The molecule has 4 heterocycles. The third kappa shape index (κ3) is 3.17. The minimum atomic E-state index is -4.61. The molecule has 2 saturated heterocycles. The Labute approximate surface area is 162 Å². The highest BCUT2D eigenvalue weighted by Gasteiger charge is 2.42. The first kappa shape index (κ1) is 19.2. The molecule has 0 saturated carbocycles. The first-order valence-electron chi connectivity index (χ1n) is 9.94. The zero-order valence-corrected chi connectivity index (χ0v) is 16.0. The molecule has 4 rings (SSSR count). The fourth-order valence-electron chi connectivity index (χ4n) is 4.76. The first-order chi connectivity index (χ1) is 13.4. The number of halogens is 3. The van der Waals surface area contributed by atoms with Crippen LogP contribution in [-0.4, -0.2) is 56.8 Å². The Morgan fingerprint density at radius 1 is 1.14 bits per heavy atom. The van der Waals surface area contributed by atoms with Crippen molar-refractivity contribution in [1.29, 1.82) is 0 Å². The topological polar surface area (TPSA) is 40.8 Å². The van der Waals surface area contributed by atoms with Gasteiger partial charge in [0.25, 0.3) is 5.91 Å². The summed E-state index contributed by atoms with van der Waals surface area (Å²) in [5.74, 6) is -1.46. The van der Waals surface area contributed by atoms with Gasteiger partial charge >= 0.3 is 6.18 Å². The summed E-state index contributed by atoms with van der Waals surface area (Å²) in [6.45, 7) is 5.49. The van der Waals surface area contributed by atoms with E-state index < -0.39 is 17.9 Å². The van der Waals surface area contributed by atoms with Crippen LogP contribution in [0.2, 0.25) is 0 Å². The Morgan fingerprint density at radius 3 is 2.43 bits per heavy atom. The molecule has 0 spiro atoms. The molecule has 0 aromatic carbocycles. The van der Waals surface area contributed by atoms with E-state index in [1.807, 2.05) is 0 Å². The molecule has 2 fully saturated rings. The predicted molar refractivity (Wildman–Crippen MR) is 99.2 cm³/mol. The molecule has 28 heavy (non-hydrogen) atoms. The number of piperidine rings is 1. The monoisotopic (exact) mass is 394 g/mol. The Balaban J connectivity index is 1.58. The predicted octanol–water partition coefficient (Wildman–Crippen LogP) is 3.83. The van der Waals surface area contributed by atoms with Crippen molar-refractivity contribution in [2.24, 2.45) is 0 Å². The van der Waals surface area contributed by atoms with Crippen LogP contribution in [0.15, 0.2) is 24.4 Å². The molecule has 1 amide bonds. The van der Waals surface area contributed by atoms with Crippen LogP contribution < -0.4 is 0 Å². The summed E-state index contributed by atoms with van der Waals surface area (Å²) in [6, 6.07) is 4.64. The summed E-state index contributed by atoms with van der Waals surface area (Å²) < 4.78 is 41.0. The minimum Gasteiger partial charge on any atom is -0.337 e. The Morgan fingerprint density at radius 2 is 1.82 bits per heavy atom. The Hall–Kier alpha value is -2.09. The van der Waals surface area contributed by atoms with Gasteiger partial charge in [-0.05, 0) is 57.3 Å². The van der Waals surface area contributed by atoms with Crippen molar-refractivity contribution < 1.29 is 18.0 Å². The highest BCUT2D eigenvalue weighted by Crippen LogP contribution is 2.36. The van der Waals surface area contributed by atoms with Gasteiger partial charge in [0.05, 0.1) is 5.52 Å². The molecule has 8 heteroatoms. The molecule has 0 aliphatic carbocycles. The summed E-state index contributed by atoms with van der Waals surface area (Å²) in [4.78, 5) is 21.0. The lowest BCUT2D eigenvalue weighted by atomic mass is 9.83. The van der Waals surface area contributed by atoms with Gasteiger partial charge in [0.15, 0.2) is 5.69 Å². The minimum absolute atomic E-state index is 0.112. The summed E-state index contributed by atoms with van der Waals surface area (Å²) in [5, 5.41) is 0. The van der Waals surface area contributed by atoms with Gasteiger partial charge in [0, 0.05) is 24.8 Å². The quantitative estimate of drug-likeness (QED) is 0.794. The molecule has 0 N–H and O–H groups in total. The van der Waals surface area contributed by atoms with E-state index in [2.05, 4.69) is 16.8 Å². The summed E-state index contributed by atoms with van der Waals surface area (Å²) in [5.41, 5.74) is 0.200. The number of aromatic nitrogens is 2. The van der Waals surface area contributed by atoms with Crippen LogP contribution in [0.5, 0.6) is 0 Å². The van der Waals surface area contributed by atoms with Crippen molar-refractivity contribution in [3.63, 3.8) is 0 Å². The SMILES string of the molecule is CCC1(N2CCCC2)CCN(C(=O)c2nc(C(F)(F)F)n3ccccc23)CC1. The van der Waals surface area contributed by atoms with Crippen LogP contribution in [0.25, 0.3) is 5.52 Å². The normalized spacial score (nSPS) is 20.8. The molecule has 2 aliphatic rings. The van der Waals surface area contributed by atoms with Crippen molar-refractivity contribution in [2.75, 3.05) is 26.2 Å². The van der Waals surface area contributed by atoms with Crippen LogP contribution in [0, 0.1) is 0 Å². The zero-order valence-electron chi connectivity index (χ0n) is 16.0. The molecule has 0 unspecified atom stereocenters. The summed E-state index contributed by atoms with van der Waals surface area (Å²) in [7, 11) is 0. The van der Waals surface area contributed by atoms with E-state index in [1.54, 1.807) is 11.0 Å². The van der Waals surface area contributed by atoms with Crippen molar-refractivity contribution in [1.82, 2.24) is 19.2 Å². The third-order valence-electron chi connectivity index (χ3n) is 6.42. The molecule has 0 bridgehead atoms. The molecule has 5 nitrogen and oxygen atoms in total. The van der Waals surface area contributed by atoms with E-state index >= 15 is 0 Å². The van der Waals surface area contributed by atoms with Crippen LogP contribution in [-0.2, 0) is 6.18 Å². The van der Waals surface area contributed by atoms with E-state index in [1.165, 1.54) is 31.2 Å². The molecule has 152 valence electrons. The van der Waals surface area contributed by atoms with E-state index in [4.69, 9.17) is 0 Å². The van der Waals surface area contributed by atoms with Gasteiger partial charge in [0.2, 0.25) is 5.82 Å². The second kappa shape index (κ2) is 7.06. The number of carbonyl (C=O) groups excluding carboxylic acids is 1. The van der Waals surface area contributed by atoms with E-state index in [-0.39, 0.29) is 16.7 Å². The van der Waals surface area contributed by atoms with Crippen LogP contribution in [0.3, 0.4) is 0 Å². The van der Waals surface area contributed by atoms with Gasteiger partial charge < -0.3 is 4.90 Å². The van der Waals surface area contributed by atoms with Crippen molar-refractivity contribution in [2.45, 2.75) is 50.7 Å². The number of nitrogens with zero attached hydrogens (tertiary/aromatic N) is 4. The van der Waals surface area contributed by atoms with Gasteiger partial charge in [-0.3, -0.25) is 14.1 Å². The number of imidazole rings is 1. The summed E-state index contributed by atoms with van der Waals surface area (Å²) >= 11 is 0. The van der Waals surface area contributed by atoms with Gasteiger partial charge in [-0.2, -0.15) is 13.2 Å². The molecule has 0 atom stereocenters. The molecule has 2 aliphatic heterocycles. The number of carbonyl (C=O) groups is 1. The number of amides is 1. The van der Waals surface area contributed by atoms with Gasteiger partial charge in [0.1, 0.15) is 0 Å². The first-order valence-corrected chi connectivity index (χ1v) is 9.94. The largest absolute Gasteiger partial charge is 0.450 e. The molecular formula is C20H25F3N4O. The highest BCUT2D eigenvalue weighted by molar-refractivity contribution is 5.99. The van der Waals surface area contributed by atoms with Gasteiger partial charge in [-0.1, -0.05) is 13.0 Å². The van der Waals surface area contributed by atoms with Crippen LogP contribution >= 0.6 is 0 Å². The Bertz CT molecular complexity index is 862. The van der Waals surface area contributed by atoms with E-state index in [0.29, 0.717) is 13.1 Å². The lowest BCUT2D eigenvalue weighted by molar-refractivity contribution is -0.145. The number of pyridine rings is 1. The smallest absolute Gasteiger partial charge is 0.337 e. The van der Waals surface area contributed by atoms with Crippen LogP contribution in [0.4, 0.5) is 13.2 Å². The Kier molecular flexibility index (Phi) is 4.85. The lowest BCUT2D eigenvalue weighted by Crippen LogP contribution is -2.55. The second-order valence-electron chi connectivity index (χ2n) is 7.80. The van der Waals surface area contributed by atoms with Crippen molar-refractivity contribution >= 4 is 11.4 Å². The van der Waals surface area contributed by atoms with E-state index in [9.17, 15) is 18.0 Å². The number of hydrogen-bond acceptors (Lipinski definition) is 3. The second-order valence-corrected chi connectivity index (χ2v) is 7.80. The van der Waals surface area contributed by atoms with E-state index in [0.717, 1.165) is 36.8 Å². The maximum atomic E-state index is 13.3. The number of fused-ring (bicyclic) bond motifs is 1.